The molecule has 4 heteroatoms. The second-order valence-electron chi connectivity index (χ2n) is 9.78. The number of ether oxygens (including phenoxy) is 2. The zero-order chi connectivity index (χ0) is 19.9. The van der Waals surface area contributed by atoms with E-state index in [9.17, 15) is 5.11 Å². The lowest BCUT2D eigenvalue weighted by molar-refractivity contribution is -0.0650. The van der Waals surface area contributed by atoms with Crippen molar-refractivity contribution < 1.29 is 14.6 Å². The maximum Gasteiger partial charge on any atom is 0.160 e. The van der Waals surface area contributed by atoms with Crippen molar-refractivity contribution in [3.63, 3.8) is 0 Å². The Morgan fingerprint density at radius 2 is 2.00 bits per heavy atom. The van der Waals surface area contributed by atoms with Crippen LogP contribution < -0.4 is 4.74 Å². The molecule has 2 saturated carbocycles. The van der Waals surface area contributed by atoms with Crippen LogP contribution >= 0.6 is 0 Å². The van der Waals surface area contributed by atoms with Crippen LogP contribution in [0, 0.1) is 17.3 Å². The van der Waals surface area contributed by atoms with E-state index in [-0.39, 0.29) is 5.75 Å². The molecular weight excluding hydrogens is 350 g/mol. The van der Waals surface area contributed by atoms with Crippen molar-refractivity contribution in [3.8, 4) is 11.5 Å². The van der Waals surface area contributed by atoms with Gasteiger partial charge < -0.3 is 19.5 Å². The number of fused-ring (bicyclic) bond motifs is 5. The van der Waals surface area contributed by atoms with E-state index in [2.05, 4.69) is 32.0 Å². The fourth-order valence-electron chi connectivity index (χ4n) is 6.58. The average molecular weight is 388 g/mol. The van der Waals surface area contributed by atoms with Crippen molar-refractivity contribution in [2.45, 2.75) is 63.9 Å². The molecule has 3 aliphatic rings. The van der Waals surface area contributed by atoms with Crippen LogP contribution in [0.2, 0.25) is 0 Å². The van der Waals surface area contributed by atoms with E-state index in [0.717, 1.165) is 37.8 Å². The van der Waals surface area contributed by atoms with Gasteiger partial charge in [-0.15, -0.1) is 0 Å². The number of benzene rings is 1. The summed E-state index contributed by atoms with van der Waals surface area (Å²) in [4.78, 5) is 2.24. The molecule has 0 heterocycles. The number of rotatable bonds is 6. The summed E-state index contributed by atoms with van der Waals surface area (Å²) in [5.41, 5.74) is 3.10. The highest BCUT2D eigenvalue weighted by Crippen LogP contribution is 2.62. The summed E-state index contributed by atoms with van der Waals surface area (Å²) >= 11 is 0. The van der Waals surface area contributed by atoms with Gasteiger partial charge >= 0.3 is 0 Å². The number of aryl methyl sites for hydroxylation is 1. The Kier molecular flexibility index (Phi) is 5.63. The molecule has 0 radical (unpaired) electrons. The minimum absolute atomic E-state index is 0.285. The maximum absolute atomic E-state index is 10.2. The van der Waals surface area contributed by atoms with Crippen molar-refractivity contribution >= 4 is 0 Å². The monoisotopic (exact) mass is 387 g/mol. The van der Waals surface area contributed by atoms with Gasteiger partial charge in [0.05, 0.1) is 13.2 Å². The number of hydrogen-bond donors (Lipinski definition) is 1. The second-order valence-corrected chi connectivity index (χ2v) is 9.78. The lowest BCUT2D eigenvalue weighted by Crippen LogP contribution is -2.44. The van der Waals surface area contributed by atoms with Crippen molar-refractivity contribution in [2.75, 3.05) is 34.4 Å². The van der Waals surface area contributed by atoms with Gasteiger partial charge in [0.15, 0.2) is 11.5 Å². The first kappa shape index (κ1) is 20.0. The Bertz CT molecular complexity index is 703. The van der Waals surface area contributed by atoms with Gasteiger partial charge in [0.1, 0.15) is 0 Å². The van der Waals surface area contributed by atoms with E-state index in [1.54, 1.807) is 7.11 Å². The van der Waals surface area contributed by atoms with Crippen LogP contribution in [0.4, 0.5) is 0 Å². The highest BCUT2D eigenvalue weighted by atomic mass is 16.5. The first-order chi connectivity index (χ1) is 13.4. The first-order valence-electron chi connectivity index (χ1n) is 11.1. The average Bonchev–Trinajstić information content (AvgIpc) is 3.00. The van der Waals surface area contributed by atoms with Crippen LogP contribution in [-0.2, 0) is 11.2 Å². The molecule has 4 nitrogen and oxygen atoms in total. The standard InChI is InChI=1S/C24H37NO3/c1-24-11-10-17-18(7-6-16-14-21(26)22(27-4)15-19(16)17)20(24)8-9-23(24)28-13-5-12-25(2)3/h14-15,17-18,20,23,26H,5-13H2,1-4H3/t17-,18+,20-,23-,24-/m0/s1. The molecule has 4 rings (SSSR count). The fraction of sp³-hybridized carbons (Fsp3) is 0.750. The minimum Gasteiger partial charge on any atom is -0.504 e. The van der Waals surface area contributed by atoms with E-state index in [4.69, 9.17) is 9.47 Å². The summed E-state index contributed by atoms with van der Waals surface area (Å²) in [7, 11) is 5.91. The molecule has 28 heavy (non-hydrogen) atoms. The zero-order valence-electron chi connectivity index (χ0n) is 18.0. The van der Waals surface area contributed by atoms with E-state index < -0.39 is 0 Å². The molecule has 1 aromatic carbocycles. The molecule has 0 bridgehead atoms. The summed E-state index contributed by atoms with van der Waals surface area (Å²) in [6.45, 7) is 4.49. The van der Waals surface area contributed by atoms with Gasteiger partial charge in [0, 0.05) is 6.61 Å². The summed E-state index contributed by atoms with van der Waals surface area (Å²) in [6.07, 6.45) is 8.88. The van der Waals surface area contributed by atoms with Gasteiger partial charge in [-0.1, -0.05) is 6.92 Å². The largest absolute Gasteiger partial charge is 0.504 e. The first-order valence-corrected chi connectivity index (χ1v) is 11.1. The van der Waals surface area contributed by atoms with Crippen molar-refractivity contribution in [2.24, 2.45) is 17.3 Å². The van der Waals surface area contributed by atoms with E-state index >= 15 is 0 Å². The Hall–Kier alpha value is -1.26. The van der Waals surface area contributed by atoms with Gasteiger partial charge in [0.2, 0.25) is 0 Å². The van der Waals surface area contributed by atoms with Crippen LogP contribution in [0.5, 0.6) is 11.5 Å². The zero-order valence-corrected chi connectivity index (χ0v) is 18.0. The van der Waals surface area contributed by atoms with E-state index in [1.807, 2.05) is 6.07 Å². The van der Waals surface area contributed by atoms with Crippen LogP contribution in [0.25, 0.3) is 0 Å². The Morgan fingerprint density at radius 3 is 2.75 bits per heavy atom. The molecule has 0 aliphatic heterocycles. The van der Waals surface area contributed by atoms with Crippen molar-refractivity contribution in [1.29, 1.82) is 0 Å². The third-order valence-corrected chi connectivity index (χ3v) is 8.01. The minimum atomic E-state index is 0.285. The van der Waals surface area contributed by atoms with Gasteiger partial charge in [-0.2, -0.15) is 0 Å². The number of phenolic OH excluding ortho intramolecular Hbond substituents is 1. The topological polar surface area (TPSA) is 41.9 Å². The summed E-state index contributed by atoms with van der Waals surface area (Å²) in [5.74, 6) is 3.03. The Morgan fingerprint density at radius 1 is 1.18 bits per heavy atom. The third-order valence-electron chi connectivity index (χ3n) is 8.01. The molecule has 5 atom stereocenters. The molecule has 2 fully saturated rings. The smallest absolute Gasteiger partial charge is 0.160 e. The van der Waals surface area contributed by atoms with Gasteiger partial charge in [0.25, 0.3) is 0 Å². The molecule has 0 amide bonds. The lowest BCUT2D eigenvalue weighted by Gasteiger charge is -2.50. The number of methoxy groups -OCH3 is 1. The number of hydrogen-bond acceptors (Lipinski definition) is 4. The molecule has 0 saturated heterocycles. The predicted molar refractivity (Wildman–Crippen MR) is 112 cm³/mol. The number of aromatic hydroxyl groups is 1. The molecule has 3 aliphatic carbocycles. The molecule has 0 spiro atoms. The van der Waals surface area contributed by atoms with Crippen LogP contribution in [0.3, 0.4) is 0 Å². The Balaban J connectivity index is 1.49. The van der Waals surface area contributed by atoms with Gasteiger partial charge in [-0.3, -0.25) is 0 Å². The molecule has 156 valence electrons. The highest BCUT2D eigenvalue weighted by Gasteiger charge is 2.55. The highest BCUT2D eigenvalue weighted by molar-refractivity contribution is 5.49. The van der Waals surface area contributed by atoms with Gasteiger partial charge in [-0.05, 0) is 112 Å². The Labute approximate surface area is 170 Å². The third kappa shape index (κ3) is 3.43. The van der Waals surface area contributed by atoms with Crippen molar-refractivity contribution in [1.82, 2.24) is 4.90 Å². The summed E-state index contributed by atoms with van der Waals surface area (Å²) < 4.78 is 11.9. The van der Waals surface area contributed by atoms with Gasteiger partial charge in [-0.25, -0.2) is 0 Å². The maximum atomic E-state index is 10.2. The summed E-state index contributed by atoms with van der Waals surface area (Å²) in [6, 6.07) is 4.07. The SMILES string of the molecule is COc1cc2c(cc1O)CC[C@@H]1[C@@H]2CC[C@]2(C)[C@@H](OCCCN(C)C)CC[C@@H]12. The molecular formula is C24H37NO3. The predicted octanol–water partition coefficient (Wildman–Crippen LogP) is 4.59. The van der Waals surface area contributed by atoms with Crippen LogP contribution in [-0.4, -0.2) is 50.5 Å². The van der Waals surface area contributed by atoms with E-state index in [0.29, 0.717) is 23.2 Å². The second kappa shape index (κ2) is 7.87. The van der Waals surface area contributed by atoms with Crippen LogP contribution in [0.15, 0.2) is 12.1 Å². The fourth-order valence-corrected chi connectivity index (χ4v) is 6.58. The molecule has 0 unspecified atom stereocenters. The molecule has 0 aromatic heterocycles. The summed E-state index contributed by atoms with van der Waals surface area (Å²) in [5, 5.41) is 10.2. The number of nitrogens with zero attached hydrogens (tertiary/aromatic N) is 1. The molecule has 1 N–H and O–H groups in total. The molecule has 1 aromatic rings. The quantitative estimate of drug-likeness (QED) is 0.725. The number of phenols is 1. The van der Waals surface area contributed by atoms with E-state index in [1.165, 1.54) is 43.2 Å². The normalized spacial score (nSPS) is 34.0. The van der Waals surface area contributed by atoms with Crippen molar-refractivity contribution in [3.05, 3.63) is 23.3 Å². The van der Waals surface area contributed by atoms with Crippen LogP contribution in [0.1, 0.15) is 62.5 Å². The lowest BCUT2D eigenvalue weighted by atomic mass is 9.55.